The predicted octanol–water partition coefficient (Wildman–Crippen LogP) is 3.61. The van der Waals surface area contributed by atoms with Crippen molar-refractivity contribution in [3.05, 3.63) is 54.0 Å². The van der Waals surface area contributed by atoms with E-state index >= 15 is 0 Å². The third-order valence-corrected chi connectivity index (χ3v) is 3.15. The highest BCUT2D eigenvalue weighted by Gasteiger charge is 2.08. The largest absolute Gasteiger partial charge is 0.459 e. The fourth-order valence-electron chi connectivity index (χ4n) is 2.06. The van der Waals surface area contributed by atoms with Crippen molar-refractivity contribution < 1.29 is 9.21 Å². The number of hydrogen-bond acceptors (Lipinski definition) is 3. The Balaban J connectivity index is 0.00000312. The molecule has 1 aromatic carbocycles. The molecule has 6 nitrogen and oxygen atoms in total. The quantitative estimate of drug-likeness (QED) is 0.353. The molecule has 1 aromatic heterocycles. The van der Waals surface area contributed by atoms with Gasteiger partial charge >= 0.3 is 0 Å². The average Bonchev–Trinajstić information content (AvgIpc) is 3.08. The van der Waals surface area contributed by atoms with Gasteiger partial charge in [-0.15, -0.1) is 24.0 Å². The maximum absolute atomic E-state index is 11.9. The van der Waals surface area contributed by atoms with Crippen LogP contribution in [-0.4, -0.2) is 24.5 Å². The van der Waals surface area contributed by atoms with E-state index in [4.69, 9.17) is 4.42 Å². The Hall–Kier alpha value is -2.03. The maximum Gasteiger partial charge on any atom is 0.291 e. The van der Waals surface area contributed by atoms with Crippen LogP contribution in [0.3, 0.4) is 0 Å². The lowest BCUT2D eigenvalue weighted by molar-refractivity contribution is 0.0996. The summed E-state index contributed by atoms with van der Waals surface area (Å²) >= 11 is 0. The molecule has 0 spiro atoms. The van der Waals surface area contributed by atoms with Gasteiger partial charge < -0.3 is 20.4 Å². The van der Waals surface area contributed by atoms with E-state index in [0.717, 1.165) is 23.8 Å². The summed E-state index contributed by atoms with van der Waals surface area (Å²) in [5, 5.41) is 9.27. The van der Waals surface area contributed by atoms with Gasteiger partial charge in [0.1, 0.15) is 0 Å². The fourth-order valence-corrected chi connectivity index (χ4v) is 2.06. The second kappa shape index (κ2) is 10.8. The first-order valence-electron chi connectivity index (χ1n) is 8.07. The Kier molecular flexibility index (Phi) is 9.04. The van der Waals surface area contributed by atoms with Crippen LogP contribution in [0.5, 0.6) is 0 Å². The van der Waals surface area contributed by atoms with Crippen LogP contribution in [0.2, 0.25) is 0 Å². The molecule has 0 aliphatic heterocycles. The molecule has 0 aliphatic carbocycles. The number of furan rings is 1. The molecule has 2 rings (SSSR count). The molecule has 0 radical (unpaired) electrons. The molecule has 3 N–H and O–H groups in total. The van der Waals surface area contributed by atoms with E-state index in [1.807, 2.05) is 31.2 Å². The van der Waals surface area contributed by atoms with Crippen molar-refractivity contribution in [2.24, 2.45) is 4.99 Å². The molecule has 0 bridgehead atoms. The third-order valence-electron chi connectivity index (χ3n) is 3.15. The second-order valence-electron chi connectivity index (χ2n) is 5.62. The van der Waals surface area contributed by atoms with Gasteiger partial charge in [0.15, 0.2) is 11.7 Å². The molecule has 25 heavy (non-hydrogen) atoms. The predicted molar refractivity (Wildman–Crippen MR) is 112 cm³/mol. The Morgan fingerprint density at radius 1 is 1.20 bits per heavy atom. The zero-order valence-electron chi connectivity index (χ0n) is 14.7. The topological polar surface area (TPSA) is 78.7 Å². The van der Waals surface area contributed by atoms with Crippen molar-refractivity contribution in [1.29, 1.82) is 0 Å². The molecule has 0 saturated carbocycles. The Bertz CT molecular complexity index is 667. The average molecular weight is 456 g/mol. The molecule has 0 saturated heterocycles. The zero-order valence-corrected chi connectivity index (χ0v) is 17.0. The van der Waals surface area contributed by atoms with Crippen molar-refractivity contribution in [1.82, 2.24) is 10.6 Å². The molecular weight excluding hydrogens is 431 g/mol. The molecule has 0 unspecified atom stereocenters. The molecule has 0 aliphatic rings. The summed E-state index contributed by atoms with van der Waals surface area (Å²) < 4.78 is 5.07. The Morgan fingerprint density at radius 3 is 2.48 bits per heavy atom. The molecule has 2 aromatic rings. The number of nitrogens with one attached hydrogen (secondary N) is 3. The van der Waals surface area contributed by atoms with E-state index in [1.165, 1.54) is 6.26 Å². The van der Waals surface area contributed by atoms with Gasteiger partial charge in [-0.25, -0.2) is 4.99 Å². The van der Waals surface area contributed by atoms with Crippen LogP contribution in [0, 0.1) is 0 Å². The second-order valence-corrected chi connectivity index (χ2v) is 5.62. The number of benzene rings is 1. The molecular formula is C18H25IN4O2. The van der Waals surface area contributed by atoms with Crippen LogP contribution in [-0.2, 0) is 6.54 Å². The van der Waals surface area contributed by atoms with E-state index in [2.05, 4.69) is 34.8 Å². The number of guanidine groups is 1. The van der Waals surface area contributed by atoms with Crippen molar-refractivity contribution in [2.75, 3.05) is 11.9 Å². The summed E-state index contributed by atoms with van der Waals surface area (Å²) in [7, 11) is 0. The van der Waals surface area contributed by atoms with Crippen LogP contribution in [0.1, 0.15) is 36.9 Å². The minimum atomic E-state index is -0.263. The monoisotopic (exact) mass is 456 g/mol. The molecule has 1 amide bonds. The highest BCUT2D eigenvalue weighted by atomic mass is 127. The highest BCUT2D eigenvalue weighted by molar-refractivity contribution is 14.0. The van der Waals surface area contributed by atoms with Crippen molar-refractivity contribution in [3.63, 3.8) is 0 Å². The fraction of sp³-hybridized carbons (Fsp3) is 0.333. The number of carbonyl (C=O) groups is 1. The number of halogens is 1. The summed E-state index contributed by atoms with van der Waals surface area (Å²) in [5.74, 6) is 0.822. The van der Waals surface area contributed by atoms with Crippen LogP contribution in [0.15, 0.2) is 52.1 Å². The van der Waals surface area contributed by atoms with E-state index in [1.54, 1.807) is 12.1 Å². The van der Waals surface area contributed by atoms with E-state index in [0.29, 0.717) is 18.3 Å². The third kappa shape index (κ3) is 7.16. The van der Waals surface area contributed by atoms with Gasteiger partial charge in [-0.1, -0.05) is 12.1 Å². The number of nitrogens with zero attached hydrogens (tertiary/aromatic N) is 1. The lowest BCUT2D eigenvalue weighted by Crippen LogP contribution is -2.40. The zero-order chi connectivity index (χ0) is 17.4. The minimum Gasteiger partial charge on any atom is -0.459 e. The number of rotatable bonds is 6. The van der Waals surface area contributed by atoms with E-state index in [-0.39, 0.29) is 29.9 Å². The summed E-state index contributed by atoms with van der Waals surface area (Å²) in [6, 6.07) is 11.2. The number of carbonyl (C=O) groups excluding carboxylic acids is 1. The smallest absolute Gasteiger partial charge is 0.291 e. The summed E-state index contributed by atoms with van der Waals surface area (Å²) in [6.07, 6.45) is 1.48. The van der Waals surface area contributed by atoms with Gasteiger partial charge in [0, 0.05) is 18.3 Å². The van der Waals surface area contributed by atoms with E-state index in [9.17, 15) is 4.79 Å². The Morgan fingerprint density at radius 2 is 1.92 bits per heavy atom. The van der Waals surface area contributed by atoms with Gasteiger partial charge in [-0.2, -0.15) is 0 Å². The van der Waals surface area contributed by atoms with Crippen molar-refractivity contribution in [2.45, 2.75) is 33.4 Å². The normalized spacial score (nSPS) is 11.0. The molecule has 0 atom stereocenters. The van der Waals surface area contributed by atoms with Gasteiger partial charge in [0.2, 0.25) is 0 Å². The summed E-state index contributed by atoms with van der Waals surface area (Å²) in [6.45, 7) is 7.56. The number of amides is 1. The lowest BCUT2D eigenvalue weighted by Gasteiger charge is -2.14. The van der Waals surface area contributed by atoms with E-state index < -0.39 is 0 Å². The molecule has 1 heterocycles. The van der Waals surface area contributed by atoms with Gasteiger partial charge in [-0.3, -0.25) is 4.79 Å². The highest BCUT2D eigenvalue weighted by Crippen LogP contribution is 2.12. The minimum absolute atomic E-state index is 0. The van der Waals surface area contributed by atoms with Gasteiger partial charge in [0.25, 0.3) is 5.91 Å². The van der Waals surface area contributed by atoms with Crippen molar-refractivity contribution >= 4 is 41.5 Å². The molecule has 136 valence electrons. The number of aliphatic imine (C=N–C) groups is 1. The van der Waals surface area contributed by atoms with Gasteiger partial charge in [-0.05, 0) is 50.6 Å². The van der Waals surface area contributed by atoms with Crippen LogP contribution in [0.25, 0.3) is 0 Å². The van der Waals surface area contributed by atoms with Crippen molar-refractivity contribution in [3.8, 4) is 0 Å². The molecule has 7 heteroatoms. The first-order valence-corrected chi connectivity index (χ1v) is 8.07. The van der Waals surface area contributed by atoms with Crippen LogP contribution >= 0.6 is 24.0 Å². The first-order chi connectivity index (χ1) is 11.6. The first kappa shape index (κ1) is 21.0. The maximum atomic E-state index is 11.9. The SMILES string of the molecule is CCNC(=NCc1ccc(NC(=O)c2ccco2)cc1)NC(C)C.I. The summed E-state index contributed by atoms with van der Waals surface area (Å²) in [5.41, 5.74) is 1.78. The van der Waals surface area contributed by atoms with Crippen LogP contribution < -0.4 is 16.0 Å². The van der Waals surface area contributed by atoms with Crippen LogP contribution in [0.4, 0.5) is 5.69 Å². The Labute approximate surface area is 165 Å². The summed E-state index contributed by atoms with van der Waals surface area (Å²) in [4.78, 5) is 16.5. The number of anilines is 1. The standard InChI is InChI=1S/C18H24N4O2.HI/c1-4-19-18(21-13(2)3)20-12-14-7-9-15(10-8-14)22-17(23)16-6-5-11-24-16;/h5-11,13H,4,12H2,1-3H3,(H,22,23)(H2,19,20,21);1H. The number of hydrogen-bond donors (Lipinski definition) is 3. The lowest BCUT2D eigenvalue weighted by atomic mass is 10.2. The molecule has 0 fully saturated rings. The van der Waals surface area contributed by atoms with Gasteiger partial charge in [0.05, 0.1) is 12.8 Å².